The Morgan fingerprint density at radius 3 is 3.00 bits per heavy atom. The quantitative estimate of drug-likeness (QED) is 0.462. The molecule has 0 saturated carbocycles. The third-order valence-corrected chi connectivity index (χ3v) is 3.19. The van der Waals surface area contributed by atoms with Crippen molar-refractivity contribution in [3.05, 3.63) is 41.1 Å². The Kier molecular flexibility index (Phi) is 4.67. The third kappa shape index (κ3) is 3.89. The van der Waals surface area contributed by atoms with E-state index in [1.807, 2.05) is 0 Å². The molecule has 1 aromatic heterocycles. The van der Waals surface area contributed by atoms with Crippen LogP contribution >= 0.6 is 11.8 Å². The number of hydrazone groups is 1. The first-order chi connectivity index (χ1) is 10.1. The van der Waals surface area contributed by atoms with Gasteiger partial charge in [0, 0.05) is 18.5 Å². The Bertz CT molecular complexity index is 642. The molecule has 1 aliphatic heterocycles. The Morgan fingerprint density at radius 2 is 2.33 bits per heavy atom. The molecule has 2 heterocycles. The van der Waals surface area contributed by atoms with Gasteiger partial charge in [-0.05, 0) is 23.9 Å². The van der Waals surface area contributed by atoms with E-state index in [2.05, 4.69) is 25.6 Å². The van der Waals surface area contributed by atoms with E-state index in [1.54, 1.807) is 18.3 Å². The van der Waals surface area contributed by atoms with Gasteiger partial charge in [0.1, 0.15) is 0 Å². The number of carbonyl (C=O) groups is 3. The van der Waals surface area contributed by atoms with Gasteiger partial charge in [-0.1, -0.05) is 0 Å². The van der Waals surface area contributed by atoms with Crippen LogP contribution in [0.15, 0.2) is 40.6 Å². The van der Waals surface area contributed by atoms with Crippen molar-refractivity contribution < 1.29 is 19.1 Å². The Labute approximate surface area is 123 Å². The van der Waals surface area contributed by atoms with Crippen LogP contribution in [0.1, 0.15) is 10.4 Å². The van der Waals surface area contributed by atoms with Gasteiger partial charge in [-0.15, -0.1) is 5.10 Å². The molecule has 1 aliphatic rings. The maximum Gasteiger partial charge on any atom is 0.331 e. The van der Waals surface area contributed by atoms with Gasteiger partial charge in [0.2, 0.25) is 0 Å². The van der Waals surface area contributed by atoms with Gasteiger partial charge in [0.05, 0.1) is 17.6 Å². The van der Waals surface area contributed by atoms with Gasteiger partial charge in [-0.3, -0.25) is 19.9 Å². The van der Waals surface area contributed by atoms with Crippen molar-refractivity contribution in [3.63, 3.8) is 0 Å². The molecule has 0 spiro atoms. The van der Waals surface area contributed by atoms with E-state index in [0.29, 0.717) is 5.56 Å². The normalized spacial score (nSPS) is 17.7. The van der Waals surface area contributed by atoms with E-state index in [9.17, 15) is 14.4 Å². The molecule has 21 heavy (non-hydrogen) atoms. The fraction of sp³-hybridized carbons (Fsp3) is 0.0833. The fourth-order valence-corrected chi connectivity index (χ4v) is 2.05. The van der Waals surface area contributed by atoms with E-state index in [1.165, 1.54) is 13.3 Å². The highest BCUT2D eigenvalue weighted by molar-refractivity contribution is 8.18. The largest absolute Gasteiger partial charge is 0.466 e. The van der Waals surface area contributed by atoms with Crippen LogP contribution in [-0.4, -0.2) is 35.0 Å². The van der Waals surface area contributed by atoms with Gasteiger partial charge >= 0.3 is 5.97 Å². The molecule has 108 valence electrons. The maximum absolute atomic E-state index is 11.7. The molecule has 0 unspecified atom stereocenters. The maximum atomic E-state index is 11.7. The van der Waals surface area contributed by atoms with E-state index < -0.39 is 17.8 Å². The smallest absolute Gasteiger partial charge is 0.331 e. The van der Waals surface area contributed by atoms with Crippen LogP contribution in [0.25, 0.3) is 0 Å². The van der Waals surface area contributed by atoms with Gasteiger partial charge in [-0.25, -0.2) is 10.2 Å². The molecule has 1 aromatic rings. The van der Waals surface area contributed by atoms with Crippen molar-refractivity contribution in [2.45, 2.75) is 0 Å². The molecule has 0 aromatic carbocycles. The number of esters is 1. The predicted molar refractivity (Wildman–Crippen MR) is 75.0 cm³/mol. The number of thioether (sulfide) groups is 1. The number of amides is 2. The predicted octanol–water partition coefficient (Wildman–Crippen LogP) is 0.00230. The molecule has 2 N–H and O–H groups in total. The third-order valence-electron chi connectivity index (χ3n) is 2.28. The fourth-order valence-electron chi connectivity index (χ4n) is 1.31. The lowest BCUT2D eigenvalue weighted by molar-refractivity contribution is -0.135. The van der Waals surface area contributed by atoms with Crippen molar-refractivity contribution >= 4 is 34.7 Å². The zero-order chi connectivity index (χ0) is 15.2. The molecular weight excluding hydrogens is 296 g/mol. The van der Waals surface area contributed by atoms with Gasteiger partial charge < -0.3 is 4.74 Å². The summed E-state index contributed by atoms with van der Waals surface area (Å²) in [6, 6.07) is 3.19. The van der Waals surface area contributed by atoms with E-state index >= 15 is 0 Å². The average Bonchev–Trinajstić information content (AvgIpc) is 2.85. The number of methoxy groups -OCH3 is 1. The number of nitrogens with one attached hydrogen (secondary N) is 2. The summed E-state index contributed by atoms with van der Waals surface area (Å²) >= 11 is 0.919. The second kappa shape index (κ2) is 6.66. The van der Waals surface area contributed by atoms with Crippen molar-refractivity contribution in [2.24, 2.45) is 5.10 Å². The first-order valence-electron chi connectivity index (χ1n) is 5.67. The summed E-state index contributed by atoms with van der Waals surface area (Å²) in [4.78, 5) is 38.3. The van der Waals surface area contributed by atoms with Gasteiger partial charge in [-0.2, -0.15) is 0 Å². The van der Waals surface area contributed by atoms with Crippen molar-refractivity contribution in [2.75, 3.05) is 7.11 Å². The first kappa shape index (κ1) is 14.7. The molecule has 2 amide bonds. The zero-order valence-corrected chi connectivity index (χ0v) is 11.6. The number of aromatic nitrogens is 1. The summed E-state index contributed by atoms with van der Waals surface area (Å²) < 4.78 is 4.43. The standard InChI is InChI=1S/C12H10N4O4S/c1-20-9(17)5-8-11(19)14-12(21-8)16-15-10(18)7-3-2-4-13-6-7/h2-6H,1H3,(H,15,18)(H,14,16,19). The number of carbonyl (C=O) groups excluding carboxylic acids is 3. The monoisotopic (exact) mass is 306 g/mol. The minimum atomic E-state index is -0.645. The Morgan fingerprint density at radius 1 is 1.52 bits per heavy atom. The molecule has 8 nitrogen and oxygen atoms in total. The molecule has 0 aliphatic carbocycles. The SMILES string of the molecule is COC(=O)C=C1S/C(=N/NC(=O)c2cccnc2)NC1=O. The molecule has 2 rings (SSSR count). The highest BCUT2D eigenvalue weighted by Crippen LogP contribution is 2.22. The Balaban J connectivity index is 2.01. The summed E-state index contributed by atoms with van der Waals surface area (Å²) in [6.07, 6.45) is 3.98. The van der Waals surface area contributed by atoms with E-state index in [4.69, 9.17) is 0 Å². The minimum absolute atomic E-state index is 0.135. The zero-order valence-electron chi connectivity index (χ0n) is 10.8. The summed E-state index contributed by atoms with van der Waals surface area (Å²) in [5.74, 6) is -1.59. The van der Waals surface area contributed by atoms with Crippen molar-refractivity contribution in [1.29, 1.82) is 0 Å². The number of pyridine rings is 1. The van der Waals surface area contributed by atoms with Crippen LogP contribution in [0.4, 0.5) is 0 Å². The van der Waals surface area contributed by atoms with E-state index in [0.717, 1.165) is 17.8 Å². The number of amidine groups is 1. The molecule has 0 radical (unpaired) electrons. The number of rotatable bonds is 3. The van der Waals surface area contributed by atoms with Gasteiger partial charge in [0.25, 0.3) is 11.8 Å². The molecular formula is C12H10N4O4S. The second-order valence-electron chi connectivity index (χ2n) is 3.69. The number of ether oxygens (including phenoxy) is 1. The highest BCUT2D eigenvalue weighted by Gasteiger charge is 2.25. The van der Waals surface area contributed by atoms with Crippen LogP contribution < -0.4 is 10.7 Å². The van der Waals surface area contributed by atoms with Crippen molar-refractivity contribution in [1.82, 2.24) is 15.7 Å². The molecule has 0 bridgehead atoms. The lowest BCUT2D eigenvalue weighted by Gasteiger charge is -1.99. The first-order valence-corrected chi connectivity index (χ1v) is 6.48. The van der Waals surface area contributed by atoms with Crippen LogP contribution in [-0.2, 0) is 14.3 Å². The van der Waals surface area contributed by atoms with E-state index in [-0.39, 0.29) is 10.1 Å². The lowest BCUT2D eigenvalue weighted by atomic mass is 10.3. The summed E-state index contributed by atoms with van der Waals surface area (Å²) in [5, 5.41) is 6.33. The van der Waals surface area contributed by atoms with Gasteiger partial charge in [0.15, 0.2) is 5.17 Å². The highest BCUT2D eigenvalue weighted by atomic mass is 32.2. The molecule has 0 atom stereocenters. The molecule has 1 saturated heterocycles. The summed E-state index contributed by atoms with van der Waals surface area (Å²) in [7, 11) is 1.21. The minimum Gasteiger partial charge on any atom is -0.466 e. The number of hydrogen-bond donors (Lipinski definition) is 2. The van der Waals surface area contributed by atoms with Crippen LogP contribution in [0.3, 0.4) is 0 Å². The van der Waals surface area contributed by atoms with Crippen LogP contribution in [0, 0.1) is 0 Å². The topological polar surface area (TPSA) is 110 Å². The number of nitrogens with zero attached hydrogens (tertiary/aromatic N) is 2. The van der Waals surface area contributed by atoms with Crippen LogP contribution in [0.2, 0.25) is 0 Å². The lowest BCUT2D eigenvalue weighted by Crippen LogP contribution is -2.25. The summed E-state index contributed by atoms with van der Waals surface area (Å²) in [6.45, 7) is 0. The second-order valence-corrected chi connectivity index (χ2v) is 4.72. The van der Waals surface area contributed by atoms with Crippen LogP contribution in [0.5, 0.6) is 0 Å². The Hall–Kier alpha value is -2.68. The van der Waals surface area contributed by atoms with Crippen molar-refractivity contribution in [3.8, 4) is 0 Å². The number of hydrogen-bond acceptors (Lipinski definition) is 7. The molecule has 1 fully saturated rings. The summed E-state index contributed by atoms with van der Waals surface area (Å²) in [5.41, 5.74) is 2.61. The average molecular weight is 306 g/mol. The molecule has 9 heteroatoms.